The summed E-state index contributed by atoms with van der Waals surface area (Å²) in [4.78, 5) is 22.9. The maximum Gasteiger partial charge on any atom is 0.225 e. The molecule has 0 unspecified atom stereocenters. The lowest BCUT2D eigenvalue weighted by atomic mass is 9.89. The molecule has 2 atom stereocenters. The molecule has 1 aromatic heterocycles. The average molecular weight is 459 g/mol. The van der Waals surface area contributed by atoms with Crippen molar-refractivity contribution in [2.24, 2.45) is 17.8 Å². The standard InChI is InChI=1S/C29H38N4O/c1-20-9-10-23(4)25(16-20)19-33-27-8-6-5-7-26(27)30-29(33)31-13-11-24(12-14-31)28(34)32-17-21(2)15-22(3)18-32/h5-10,16,21-22,24H,11-15,17-19H2,1-4H3/t21-,22+. The van der Waals surface area contributed by atoms with E-state index in [0.717, 1.165) is 57.0 Å². The van der Waals surface area contributed by atoms with Gasteiger partial charge in [0.1, 0.15) is 0 Å². The second kappa shape index (κ2) is 9.44. The van der Waals surface area contributed by atoms with Gasteiger partial charge in [0.2, 0.25) is 11.9 Å². The monoisotopic (exact) mass is 458 g/mol. The summed E-state index contributed by atoms with van der Waals surface area (Å²) in [5.41, 5.74) is 6.14. The van der Waals surface area contributed by atoms with Gasteiger partial charge >= 0.3 is 0 Å². The zero-order valence-corrected chi connectivity index (χ0v) is 21.1. The molecule has 0 N–H and O–H groups in total. The van der Waals surface area contributed by atoms with E-state index in [1.54, 1.807) is 0 Å². The van der Waals surface area contributed by atoms with Gasteiger partial charge in [-0.05, 0) is 68.2 Å². The first kappa shape index (κ1) is 22.9. The summed E-state index contributed by atoms with van der Waals surface area (Å²) in [6.45, 7) is 13.3. The zero-order valence-electron chi connectivity index (χ0n) is 21.1. The predicted molar refractivity (Wildman–Crippen MR) is 139 cm³/mol. The number of carbonyl (C=O) groups is 1. The molecule has 3 aromatic rings. The van der Waals surface area contributed by atoms with E-state index in [-0.39, 0.29) is 5.92 Å². The van der Waals surface area contributed by atoms with E-state index in [1.165, 1.54) is 28.6 Å². The Bertz CT molecular complexity index is 1160. The number of aromatic nitrogens is 2. The minimum Gasteiger partial charge on any atom is -0.342 e. The topological polar surface area (TPSA) is 41.4 Å². The molecular formula is C29H38N4O. The molecule has 2 aliphatic rings. The van der Waals surface area contributed by atoms with Crippen LogP contribution in [0.1, 0.15) is 49.8 Å². The number of carbonyl (C=O) groups excluding carboxylic acids is 1. The fourth-order valence-electron chi connectivity index (χ4n) is 6.03. The fraction of sp³-hybridized carbons (Fsp3) is 0.517. The van der Waals surface area contributed by atoms with Gasteiger partial charge in [0.25, 0.3) is 0 Å². The quantitative estimate of drug-likeness (QED) is 0.524. The number of imidazole rings is 1. The van der Waals surface area contributed by atoms with Crippen molar-refractivity contribution in [3.05, 3.63) is 59.2 Å². The molecule has 0 bridgehead atoms. The highest BCUT2D eigenvalue weighted by molar-refractivity contribution is 5.80. The van der Waals surface area contributed by atoms with Gasteiger partial charge in [0.05, 0.1) is 17.6 Å². The molecule has 0 aliphatic carbocycles. The van der Waals surface area contributed by atoms with Crippen molar-refractivity contribution < 1.29 is 4.79 Å². The molecular weight excluding hydrogens is 420 g/mol. The Kier molecular flexibility index (Phi) is 6.37. The number of aryl methyl sites for hydroxylation is 2. The summed E-state index contributed by atoms with van der Waals surface area (Å²) in [5, 5.41) is 0. The van der Waals surface area contributed by atoms with Crippen LogP contribution in [0.2, 0.25) is 0 Å². The SMILES string of the molecule is Cc1ccc(C)c(Cn2c(N3CCC(C(=O)N4C[C@H](C)C[C@H](C)C4)CC3)nc3ccccc32)c1. The molecule has 2 aliphatic heterocycles. The molecule has 1 amide bonds. The number of hydrogen-bond donors (Lipinski definition) is 0. The number of rotatable bonds is 4. The van der Waals surface area contributed by atoms with E-state index in [4.69, 9.17) is 4.98 Å². The van der Waals surface area contributed by atoms with Crippen molar-refractivity contribution in [1.29, 1.82) is 0 Å². The van der Waals surface area contributed by atoms with Crippen LogP contribution in [0.25, 0.3) is 11.0 Å². The van der Waals surface area contributed by atoms with E-state index in [9.17, 15) is 4.79 Å². The highest BCUT2D eigenvalue weighted by Crippen LogP contribution is 2.30. The highest BCUT2D eigenvalue weighted by atomic mass is 16.2. The summed E-state index contributed by atoms with van der Waals surface area (Å²) >= 11 is 0. The fourth-order valence-corrected chi connectivity index (χ4v) is 6.03. The van der Waals surface area contributed by atoms with Crippen LogP contribution in [-0.4, -0.2) is 46.5 Å². The maximum atomic E-state index is 13.3. The van der Waals surface area contributed by atoms with Gasteiger partial charge in [-0.15, -0.1) is 0 Å². The molecule has 34 heavy (non-hydrogen) atoms. The first-order valence-electron chi connectivity index (χ1n) is 12.9. The second-order valence-corrected chi connectivity index (χ2v) is 10.9. The molecule has 180 valence electrons. The first-order chi connectivity index (χ1) is 16.4. The van der Waals surface area contributed by atoms with Crippen LogP contribution < -0.4 is 4.90 Å². The van der Waals surface area contributed by atoms with Crippen molar-refractivity contribution >= 4 is 22.9 Å². The lowest BCUT2D eigenvalue weighted by Crippen LogP contribution is -2.48. The van der Waals surface area contributed by atoms with Crippen LogP contribution in [0, 0.1) is 31.6 Å². The Morgan fingerprint density at radius 3 is 2.44 bits per heavy atom. The number of fused-ring (bicyclic) bond motifs is 1. The number of piperidine rings is 2. The van der Waals surface area contributed by atoms with Crippen LogP contribution in [-0.2, 0) is 11.3 Å². The molecule has 2 aromatic carbocycles. The normalized spacial score (nSPS) is 21.9. The van der Waals surface area contributed by atoms with Crippen LogP contribution in [0.5, 0.6) is 0 Å². The zero-order chi connectivity index (χ0) is 23.8. The number of likely N-dealkylation sites (tertiary alicyclic amines) is 1. The van der Waals surface area contributed by atoms with Gasteiger partial charge in [-0.2, -0.15) is 0 Å². The number of hydrogen-bond acceptors (Lipinski definition) is 3. The molecule has 0 spiro atoms. The molecule has 2 fully saturated rings. The third kappa shape index (κ3) is 4.57. The van der Waals surface area contributed by atoms with Crippen molar-refractivity contribution in [2.75, 3.05) is 31.1 Å². The number of anilines is 1. The van der Waals surface area contributed by atoms with Crippen molar-refractivity contribution in [2.45, 2.75) is 53.5 Å². The van der Waals surface area contributed by atoms with Crippen LogP contribution >= 0.6 is 0 Å². The highest BCUT2D eigenvalue weighted by Gasteiger charge is 2.33. The Hall–Kier alpha value is -2.82. The summed E-state index contributed by atoms with van der Waals surface area (Å²) in [6, 6.07) is 15.1. The lowest BCUT2D eigenvalue weighted by molar-refractivity contribution is -0.138. The molecule has 5 nitrogen and oxygen atoms in total. The number of benzene rings is 2. The summed E-state index contributed by atoms with van der Waals surface area (Å²) in [5.74, 6) is 2.77. The maximum absolute atomic E-state index is 13.3. The number of nitrogens with zero attached hydrogens (tertiary/aromatic N) is 4. The Balaban J connectivity index is 1.36. The molecule has 5 rings (SSSR count). The third-order valence-electron chi connectivity index (χ3n) is 7.78. The molecule has 0 radical (unpaired) electrons. The Morgan fingerprint density at radius 1 is 1.00 bits per heavy atom. The molecule has 5 heteroatoms. The van der Waals surface area contributed by atoms with Crippen LogP contribution in [0.3, 0.4) is 0 Å². The second-order valence-electron chi connectivity index (χ2n) is 10.9. The summed E-state index contributed by atoms with van der Waals surface area (Å²) in [7, 11) is 0. The van der Waals surface area contributed by atoms with E-state index in [1.807, 2.05) is 0 Å². The minimum absolute atomic E-state index is 0.144. The summed E-state index contributed by atoms with van der Waals surface area (Å²) < 4.78 is 2.37. The third-order valence-corrected chi connectivity index (χ3v) is 7.78. The largest absolute Gasteiger partial charge is 0.342 e. The van der Waals surface area contributed by atoms with Gasteiger partial charge in [0, 0.05) is 32.1 Å². The van der Waals surface area contributed by atoms with E-state index in [2.05, 4.69) is 84.5 Å². The van der Waals surface area contributed by atoms with Gasteiger partial charge in [-0.3, -0.25) is 4.79 Å². The molecule has 3 heterocycles. The lowest BCUT2D eigenvalue weighted by Gasteiger charge is -2.39. The van der Waals surface area contributed by atoms with E-state index in [0.29, 0.717) is 17.7 Å². The molecule has 2 saturated heterocycles. The van der Waals surface area contributed by atoms with Gasteiger partial charge < -0.3 is 14.4 Å². The number of amides is 1. The Labute approximate surface area is 203 Å². The van der Waals surface area contributed by atoms with Crippen LogP contribution in [0.4, 0.5) is 5.95 Å². The van der Waals surface area contributed by atoms with Gasteiger partial charge in [-0.25, -0.2) is 4.98 Å². The first-order valence-corrected chi connectivity index (χ1v) is 12.9. The number of para-hydroxylation sites is 2. The minimum atomic E-state index is 0.144. The smallest absolute Gasteiger partial charge is 0.225 e. The average Bonchev–Trinajstić information content (AvgIpc) is 3.19. The predicted octanol–water partition coefficient (Wildman–Crippen LogP) is 5.42. The van der Waals surface area contributed by atoms with Crippen LogP contribution in [0.15, 0.2) is 42.5 Å². The van der Waals surface area contributed by atoms with E-state index < -0.39 is 0 Å². The van der Waals surface area contributed by atoms with Gasteiger partial charge in [0.15, 0.2) is 0 Å². The molecule has 0 saturated carbocycles. The summed E-state index contributed by atoms with van der Waals surface area (Å²) in [6.07, 6.45) is 3.05. The van der Waals surface area contributed by atoms with Crippen molar-refractivity contribution in [1.82, 2.24) is 14.5 Å². The Morgan fingerprint density at radius 2 is 1.71 bits per heavy atom. The van der Waals surface area contributed by atoms with Crippen molar-refractivity contribution in [3.8, 4) is 0 Å². The van der Waals surface area contributed by atoms with Gasteiger partial charge in [-0.1, -0.05) is 49.7 Å². The van der Waals surface area contributed by atoms with Crippen molar-refractivity contribution in [3.63, 3.8) is 0 Å². The van der Waals surface area contributed by atoms with E-state index >= 15 is 0 Å².